The SMILES string of the molecule is COc1ccc(NC(=O)c2ccc(N(C)S(=O)(=O)c3ccc(SC)cc3)cc2)c(OC)c1. The zero-order chi connectivity index (χ0) is 23.3. The van der Waals surface area contributed by atoms with Gasteiger partial charge >= 0.3 is 0 Å². The smallest absolute Gasteiger partial charge is 0.264 e. The first kappa shape index (κ1) is 23.5. The summed E-state index contributed by atoms with van der Waals surface area (Å²) in [6.45, 7) is 0. The highest BCUT2D eigenvalue weighted by atomic mass is 32.2. The van der Waals surface area contributed by atoms with Gasteiger partial charge in [0.1, 0.15) is 11.5 Å². The minimum Gasteiger partial charge on any atom is -0.497 e. The number of hydrogen-bond donors (Lipinski definition) is 1. The van der Waals surface area contributed by atoms with Crippen molar-refractivity contribution in [1.82, 2.24) is 0 Å². The number of carbonyl (C=O) groups is 1. The third-order valence-electron chi connectivity index (χ3n) is 4.87. The largest absolute Gasteiger partial charge is 0.497 e. The number of nitrogens with one attached hydrogen (secondary N) is 1. The van der Waals surface area contributed by atoms with Crippen molar-refractivity contribution in [2.75, 3.05) is 37.1 Å². The number of ether oxygens (including phenoxy) is 2. The normalized spacial score (nSPS) is 11.0. The molecule has 0 aliphatic rings. The van der Waals surface area contributed by atoms with E-state index in [0.29, 0.717) is 28.4 Å². The Morgan fingerprint density at radius 3 is 2.16 bits per heavy atom. The van der Waals surface area contributed by atoms with Crippen molar-refractivity contribution in [3.63, 3.8) is 0 Å². The van der Waals surface area contributed by atoms with Crippen LogP contribution in [0.3, 0.4) is 0 Å². The van der Waals surface area contributed by atoms with Crippen LogP contribution in [0.4, 0.5) is 11.4 Å². The molecule has 0 spiro atoms. The molecule has 0 atom stereocenters. The third-order valence-corrected chi connectivity index (χ3v) is 7.41. The van der Waals surface area contributed by atoms with Crippen molar-refractivity contribution in [1.29, 1.82) is 0 Å². The van der Waals surface area contributed by atoms with E-state index >= 15 is 0 Å². The zero-order valence-corrected chi connectivity index (χ0v) is 19.8. The van der Waals surface area contributed by atoms with Gasteiger partial charge in [0.05, 0.1) is 30.5 Å². The first-order chi connectivity index (χ1) is 15.3. The molecule has 0 saturated heterocycles. The summed E-state index contributed by atoms with van der Waals surface area (Å²) in [4.78, 5) is 13.8. The van der Waals surface area contributed by atoms with Crippen LogP contribution in [-0.4, -0.2) is 41.8 Å². The van der Waals surface area contributed by atoms with Crippen molar-refractivity contribution >= 4 is 39.1 Å². The Balaban J connectivity index is 1.77. The second-order valence-corrected chi connectivity index (χ2v) is 9.56. The summed E-state index contributed by atoms with van der Waals surface area (Å²) in [5, 5.41) is 2.79. The van der Waals surface area contributed by atoms with Crippen molar-refractivity contribution in [2.45, 2.75) is 9.79 Å². The summed E-state index contributed by atoms with van der Waals surface area (Å²) >= 11 is 1.54. The number of thioether (sulfide) groups is 1. The molecule has 32 heavy (non-hydrogen) atoms. The monoisotopic (exact) mass is 472 g/mol. The predicted octanol–water partition coefficient (Wildman–Crippen LogP) is 4.50. The number of sulfonamides is 1. The van der Waals surface area contributed by atoms with E-state index in [9.17, 15) is 13.2 Å². The van der Waals surface area contributed by atoms with Gasteiger partial charge in [-0.1, -0.05) is 0 Å². The van der Waals surface area contributed by atoms with E-state index in [0.717, 1.165) is 4.90 Å². The number of amides is 1. The molecule has 0 aliphatic heterocycles. The van der Waals surface area contributed by atoms with Crippen molar-refractivity contribution < 1.29 is 22.7 Å². The maximum absolute atomic E-state index is 12.9. The van der Waals surface area contributed by atoms with Gasteiger partial charge in [-0.15, -0.1) is 11.8 Å². The first-order valence-electron chi connectivity index (χ1n) is 9.56. The molecule has 0 saturated carbocycles. The van der Waals surface area contributed by atoms with E-state index < -0.39 is 10.0 Å². The molecule has 0 aromatic heterocycles. The molecule has 0 heterocycles. The van der Waals surface area contributed by atoms with Crippen LogP contribution in [0.15, 0.2) is 76.5 Å². The molecule has 3 aromatic rings. The Hall–Kier alpha value is -3.17. The average Bonchev–Trinajstić information content (AvgIpc) is 2.83. The van der Waals surface area contributed by atoms with Crippen molar-refractivity contribution in [3.05, 3.63) is 72.3 Å². The lowest BCUT2D eigenvalue weighted by molar-refractivity contribution is 0.102. The van der Waals surface area contributed by atoms with Gasteiger partial charge in [0.2, 0.25) is 0 Å². The summed E-state index contributed by atoms with van der Waals surface area (Å²) < 4.78 is 37.5. The van der Waals surface area contributed by atoms with E-state index in [4.69, 9.17) is 9.47 Å². The van der Waals surface area contributed by atoms with Crippen LogP contribution in [-0.2, 0) is 10.0 Å². The summed E-state index contributed by atoms with van der Waals surface area (Å²) in [5.74, 6) is 0.724. The molecule has 3 aromatic carbocycles. The lowest BCUT2D eigenvalue weighted by Gasteiger charge is -2.20. The zero-order valence-electron chi connectivity index (χ0n) is 18.2. The lowest BCUT2D eigenvalue weighted by atomic mass is 10.2. The van der Waals surface area contributed by atoms with Gasteiger partial charge in [-0.2, -0.15) is 0 Å². The highest BCUT2D eigenvalue weighted by molar-refractivity contribution is 7.98. The number of nitrogens with zero attached hydrogens (tertiary/aromatic N) is 1. The van der Waals surface area contributed by atoms with E-state index in [2.05, 4.69) is 5.32 Å². The summed E-state index contributed by atoms with van der Waals surface area (Å²) in [5.41, 5.74) is 1.31. The summed E-state index contributed by atoms with van der Waals surface area (Å²) in [6.07, 6.45) is 1.93. The van der Waals surface area contributed by atoms with Gasteiger partial charge in [0, 0.05) is 23.6 Å². The molecule has 1 N–H and O–H groups in total. The van der Waals surface area contributed by atoms with Crippen LogP contribution in [0.25, 0.3) is 0 Å². The van der Waals surface area contributed by atoms with Crippen LogP contribution in [0.5, 0.6) is 11.5 Å². The van der Waals surface area contributed by atoms with E-state index in [-0.39, 0.29) is 10.8 Å². The Morgan fingerprint density at radius 1 is 0.938 bits per heavy atom. The van der Waals surface area contributed by atoms with Crippen LogP contribution >= 0.6 is 11.8 Å². The fraction of sp³-hybridized carbons (Fsp3) is 0.174. The minimum atomic E-state index is -3.72. The Labute approximate surface area is 192 Å². The maximum Gasteiger partial charge on any atom is 0.264 e. The highest BCUT2D eigenvalue weighted by Crippen LogP contribution is 2.30. The molecule has 0 bridgehead atoms. The number of carbonyl (C=O) groups excluding carboxylic acids is 1. The number of methoxy groups -OCH3 is 2. The topological polar surface area (TPSA) is 84.9 Å². The summed E-state index contributed by atoms with van der Waals surface area (Å²) in [7, 11) is 0.813. The molecule has 0 fully saturated rings. The van der Waals surface area contributed by atoms with Crippen LogP contribution in [0.2, 0.25) is 0 Å². The van der Waals surface area contributed by atoms with Crippen LogP contribution in [0, 0.1) is 0 Å². The summed E-state index contributed by atoms with van der Waals surface area (Å²) in [6, 6.07) is 18.1. The number of rotatable bonds is 8. The van der Waals surface area contributed by atoms with Crippen LogP contribution in [0.1, 0.15) is 10.4 Å². The third kappa shape index (κ3) is 5.00. The maximum atomic E-state index is 12.9. The Morgan fingerprint density at radius 2 is 1.59 bits per heavy atom. The fourth-order valence-electron chi connectivity index (χ4n) is 2.96. The van der Waals surface area contributed by atoms with Gasteiger partial charge in [-0.3, -0.25) is 9.10 Å². The van der Waals surface area contributed by atoms with Gasteiger partial charge in [0.25, 0.3) is 15.9 Å². The van der Waals surface area contributed by atoms with E-state index in [1.165, 1.54) is 18.5 Å². The van der Waals surface area contributed by atoms with E-state index in [1.54, 1.807) is 85.6 Å². The first-order valence-corrected chi connectivity index (χ1v) is 12.2. The van der Waals surface area contributed by atoms with E-state index in [1.807, 2.05) is 6.26 Å². The second-order valence-electron chi connectivity index (χ2n) is 6.72. The van der Waals surface area contributed by atoms with Gasteiger partial charge in [-0.05, 0) is 66.9 Å². The van der Waals surface area contributed by atoms with Gasteiger partial charge in [0.15, 0.2) is 0 Å². The predicted molar refractivity (Wildman–Crippen MR) is 128 cm³/mol. The minimum absolute atomic E-state index is 0.200. The quantitative estimate of drug-likeness (QED) is 0.486. The van der Waals surface area contributed by atoms with Crippen LogP contribution < -0.4 is 19.1 Å². The van der Waals surface area contributed by atoms with Gasteiger partial charge in [-0.25, -0.2) is 8.42 Å². The molecule has 3 rings (SSSR count). The molecule has 7 nitrogen and oxygen atoms in total. The second kappa shape index (κ2) is 9.97. The lowest BCUT2D eigenvalue weighted by Crippen LogP contribution is -2.26. The molecule has 0 unspecified atom stereocenters. The molecule has 168 valence electrons. The molecule has 0 aliphatic carbocycles. The number of anilines is 2. The molecular formula is C23H24N2O5S2. The Kier molecular flexibility index (Phi) is 7.32. The van der Waals surface area contributed by atoms with Crippen molar-refractivity contribution in [3.8, 4) is 11.5 Å². The molecule has 1 amide bonds. The fourth-order valence-corrected chi connectivity index (χ4v) is 4.57. The standard InChI is InChI=1S/C23H24N2O5S2/c1-25(32(27,28)20-12-10-19(31-4)11-13-20)17-7-5-16(6-8-17)23(26)24-21-14-9-18(29-2)15-22(21)30-3/h5-15H,1-4H3,(H,24,26). The Bertz CT molecular complexity index is 1190. The van der Waals surface area contributed by atoms with Crippen molar-refractivity contribution in [2.24, 2.45) is 0 Å². The van der Waals surface area contributed by atoms with Gasteiger partial charge < -0.3 is 14.8 Å². The number of benzene rings is 3. The molecular weight excluding hydrogens is 448 g/mol. The highest BCUT2D eigenvalue weighted by Gasteiger charge is 2.21. The average molecular weight is 473 g/mol. The molecule has 9 heteroatoms. The molecule has 0 radical (unpaired) electrons. The number of hydrogen-bond acceptors (Lipinski definition) is 6.